The van der Waals surface area contributed by atoms with Gasteiger partial charge in [0.05, 0.1) is 0 Å². The molecule has 1 heterocycles. The van der Waals surface area contributed by atoms with E-state index in [-0.39, 0.29) is 18.0 Å². The number of halogens is 1. The van der Waals surface area contributed by atoms with E-state index in [1.165, 1.54) is 19.1 Å². The predicted octanol–water partition coefficient (Wildman–Crippen LogP) is 1.93. The van der Waals surface area contributed by atoms with Crippen molar-refractivity contribution in [3.8, 4) is 5.75 Å². The highest BCUT2D eigenvalue weighted by Gasteiger charge is 2.18. The highest BCUT2D eigenvalue weighted by Crippen LogP contribution is 2.23. The van der Waals surface area contributed by atoms with Gasteiger partial charge in [-0.1, -0.05) is 0 Å². The summed E-state index contributed by atoms with van der Waals surface area (Å²) < 4.78 is 24.7. The molecular formula is C17H26FN3O4. The number of nitrogens with one attached hydrogen (secondary N) is 3. The quantitative estimate of drug-likeness (QED) is 0.676. The normalized spacial score (nSPS) is 17.0. The van der Waals surface area contributed by atoms with Crippen molar-refractivity contribution in [1.82, 2.24) is 10.6 Å². The van der Waals surface area contributed by atoms with E-state index in [4.69, 9.17) is 14.3 Å². The summed E-state index contributed by atoms with van der Waals surface area (Å²) in [6.07, 6.45) is 0.707. The number of rotatable bonds is 6. The van der Waals surface area contributed by atoms with Gasteiger partial charge in [-0.25, -0.2) is 9.18 Å². The Morgan fingerprint density at radius 3 is 2.80 bits per heavy atom. The second-order valence-electron chi connectivity index (χ2n) is 5.51. The molecule has 1 aliphatic rings. The average Bonchev–Trinajstić information content (AvgIpc) is 3.04. The molecule has 2 atom stereocenters. The number of anilines is 1. The van der Waals surface area contributed by atoms with Crippen molar-refractivity contribution < 1.29 is 23.5 Å². The molecule has 0 saturated carbocycles. The molecule has 7 nitrogen and oxygen atoms in total. The first-order chi connectivity index (χ1) is 12.0. The average molecular weight is 355 g/mol. The molecule has 0 bridgehead atoms. The molecule has 25 heavy (non-hydrogen) atoms. The molecule has 8 heteroatoms. The van der Waals surface area contributed by atoms with Crippen LogP contribution in [0.5, 0.6) is 5.75 Å². The summed E-state index contributed by atoms with van der Waals surface area (Å²) in [5, 5.41) is 8.55. The van der Waals surface area contributed by atoms with Gasteiger partial charge in [-0.2, -0.15) is 0 Å². The lowest BCUT2D eigenvalue weighted by Crippen LogP contribution is -2.28. The maximum absolute atomic E-state index is 14.0. The van der Waals surface area contributed by atoms with Gasteiger partial charge in [-0.3, -0.25) is 5.32 Å². The third-order valence-corrected chi connectivity index (χ3v) is 3.29. The van der Waals surface area contributed by atoms with Crippen LogP contribution in [0.15, 0.2) is 18.2 Å². The Hall–Kier alpha value is -2.19. The second kappa shape index (κ2) is 11.4. The van der Waals surface area contributed by atoms with Crippen molar-refractivity contribution in [2.75, 3.05) is 32.0 Å². The molecule has 1 amide bonds. The summed E-state index contributed by atoms with van der Waals surface area (Å²) in [5.41, 5.74) is 0.330. The van der Waals surface area contributed by atoms with E-state index in [9.17, 15) is 9.18 Å². The van der Waals surface area contributed by atoms with E-state index in [2.05, 4.69) is 16.0 Å². The molecule has 1 unspecified atom stereocenters. The minimum atomic E-state index is -0.615. The summed E-state index contributed by atoms with van der Waals surface area (Å²) in [7, 11) is 1.77. The van der Waals surface area contributed by atoms with Crippen LogP contribution in [-0.2, 0) is 9.53 Å². The number of benzene rings is 1. The lowest BCUT2D eigenvalue weighted by atomic mass is 10.2. The SMILES string of the molecule is CC=O.CNC[C@@H](C)OC(=O)Nc1ccc(OC2CCNC2)c(F)c1. The molecule has 2 rings (SSSR count). The fraction of sp³-hybridized carbons (Fsp3) is 0.529. The van der Waals surface area contributed by atoms with E-state index < -0.39 is 11.9 Å². The highest BCUT2D eigenvalue weighted by molar-refractivity contribution is 5.84. The van der Waals surface area contributed by atoms with Crippen molar-refractivity contribution in [3.63, 3.8) is 0 Å². The standard InChI is InChI=1S/C15H22FN3O3.C2H4O/c1-10(8-17-2)21-15(20)19-11-3-4-14(13(16)7-11)22-12-5-6-18-9-12;1-2-3/h3-4,7,10,12,17-18H,5-6,8-9H2,1-2H3,(H,19,20);2H,1H3/t10-,12?;/m1./s1. The summed E-state index contributed by atoms with van der Waals surface area (Å²) in [5.74, 6) is -0.316. The number of aldehydes is 1. The highest BCUT2D eigenvalue weighted by atomic mass is 19.1. The van der Waals surface area contributed by atoms with Crippen LogP contribution in [0.25, 0.3) is 0 Å². The molecule has 1 aliphatic heterocycles. The third kappa shape index (κ3) is 7.95. The molecule has 1 aromatic carbocycles. The van der Waals surface area contributed by atoms with Crippen LogP contribution in [0.3, 0.4) is 0 Å². The Kier molecular flexibility index (Phi) is 9.49. The fourth-order valence-electron chi connectivity index (χ4n) is 2.24. The van der Waals surface area contributed by atoms with E-state index in [0.717, 1.165) is 25.8 Å². The smallest absolute Gasteiger partial charge is 0.411 e. The minimum Gasteiger partial charge on any atom is -0.486 e. The zero-order valence-electron chi connectivity index (χ0n) is 14.8. The number of hydrogen-bond acceptors (Lipinski definition) is 6. The molecule has 140 valence electrons. The van der Waals surface area contributed by atoms with Crippen molar-refractivity contribution in [2.24, 2.45) is 0 Å². The number of amides is 1. The molecule has 0 aromatic heterocycles. The molecule has 1 aromatic rings. The van der Waals surface area contributed by atoms with Crippen LogP contribution < -0.4 is 20.7 Å². The van der Waals surface area contributed by atoms with Crippen molar-refractivity contribution >= 4 is 18.1 Å². The number of carbonyl (C=O) groups excluding carboxylic acids is 2. The monoisotopic (exact) mass is 355 g/mol. The molecule has 0 radical (unpaired) electrons. The fourth-order valence-corrected chi connectivity index (χ4v) is 2.24. The second-order valence-corrected chi connectivity index (χ2v) is 5.51. The Labute approximate surface area is 147 Å². The van der Waals surface area contributed by atoms with Gasteiger partial charge < -0.3 is 24.9 Å². The summed E-state index contributed by atoms with van der Waals surface area (Å²) in [6.45, 7) is 5.35. The Morgan fingerprint density at radius 1 is 1.52 bits per heavy atom. The van der Waals surface area contributed by atoms with Gasteiger partial charge >= 0.3 is 6.09 Å². The van der Waals surface area contributed by atoms with Crippen LogP contribution in [-0.4, -0.2) is 51.3 Å². The van der Waals surface area contributed by atoms with E-state index in [0.29, 0.717) is 12.2 Å². The van der Waals surface area contributed by atoms with E-state index >= 15 is 0 Å². The Morgan fingerprint density at radius 2 is 2.24 bits per heavy atom. The van der Waals surface area contributed by atoms with Crippen LogP contribution >= 0.6 is 0 Å². The van der Waals surface area contributed by atoms with Crippen LogP contribution in [0.2, 0.25) is 0 Å². The summed E-state index contributed by atoms with van der Waals surface area (Å²) in [6, 6.07) is 4.33. The molecule has 1 saturated heterocycles. The van der Waals surface area contributed by atoms with Gasteiger partial charge in [0.1, 0.15) is 18.5 Å². The maximum Gasteiger partial charge on any atom is 0.411 e. The third-order valence-electron chi connectivity index (χ3n) is 3.29. The van der Waals surface area contributed by atoms with Gasteiger partial charge in [0.2, 0.25) is 0 Å². The van der Waals surface area contributed by atoms with Gasteiger partial charge in [-0.05, 0) is 46.0 Å². The van der Waals surface area contributed by atoms with Gasteiger partial charge in [0.25, 0.3) is 0 Å². The molecular weight excluding hydrogens is 329 g/mol. The van der Waals surface area contributed by atoms with Gasteiger partial charge in [0, 0.05) is 24.8 Å². The summed E-state index contributed by atoms with van der Waals surface area (Å²) >= 11 is 0. The number of likely N-dealkylation sites (N-methyl/N-ethyl adjacent to an activating group) is 1. The minimum absolute atomic E-state index is 0.0133. The van der Waals surface area contributed by atoms with Crippen LogP contribution in [0.4, 0.5) is 14.9 Å². The topological polar surface area (TPSA) is 88.7 Å². The van der Waals surface area contributed by atoms with Gasteiger partial charge in [-0.15, -0.1) is 0 Å². The van der Waals surface area contributed by atoms with Crippen LogP contribution in [0, 0.1) is 5.82 Å². The van der Waals surface area contributed by atoms with Gasteiger partial charge in [0.15, 0.2) is 11.6 Å². The number of hydrogen-bond donors (Lipinski definition) is 3. The number of ether oxygens (including phenoxy) is 2. The van der Waals surface area contributed by atoms with E-state index in [1.807, 2.05) is 0 Å². The number of carbonyl (C=O) groups is 2. The zero-order chi connectivity index (χ0) is 18.7. The summed E-state index contributed by atoms with van der Waals surface area (Å²) in [4.78, 5) is 20.5. The van der Waals surface area contributed by atoms with E-state index in [1.54, 1.807) is 20.0 Å². The Bertz CT molecular complexity index is 551. The first-order valence-electron chi connectivity index (χ1n) is 8.19. The molecule has 1 fully saturated rings. The zero-order valence-corrected chi connectivity index (χ0v) is 14.8. The largest absolute Gasteiger partial charge is 0.486 e. The van der Waals surface area contributed by atoms with Crippen LogP contribution in [0.1, 0.15) is 20.3 Å². The first kappa shape index (κ1) is 20.9. The van der Waals surface area contributed by atoms with Crippen molar-refractivity contribution in [2.45, 2.75) is 32.5 Å². The lowest BCUT2D eigenvalue weighted by Gasteiger charge is -2.15. The molecule has 0 aliphatic carbocycles. The van der Waals surface area contributed by atoms with Crippen molar-refractivity contribution in [1.29, 1.82) is 0 Å². The maximum atomic E-state index is 14.0. The van der Waals surface area contributed by atoms with Crippen molar-refractivity contribution in [3.05, 3.63) is 24.0 Å². The lowest BCUT2D eigenvalue weighted by molar-refractivity contribution is -0.106. The molecule has 0 spiro atoms. The molecule has 3 N–H and O–H groups in total. The Balaban J connectivity index is 0.000000970. The predicted molar refractivity (Wildman–Crippen MR) is 93.5 cm³/mol. The first-order valence-corrected chi connectivity index (χ1v) is 8.19.